The zero-order valence-corrected chi connectivity index (χ0v) is 12.7. The third-order valence-electron chi connectivity index (χ3n) is 3.57. The Morgan fingerprint density at radius 3 is 2.43 bits per heavy atom. The number of Topliss-reactive ketones (excluding diaryl/α,β-unsaturated/α-hetero) is 1. The standard InChI is InChI=1S/C17H25NO3/c1-2-3-4-5-6-7-8-9-14-10-11-15(16(19)12-14)17(20)13-18-21/h10-13,19,21H,2-9H2,1H3. The first-order chi connectivity index (χ1) is 10.2. The van der Waals surface area contributed by atoms with Gasteiger partial charge in [0.1, 0.15) is 12.0 Å². The molecule has 21 heavy (non-hydrogen) atoms. The van der Waals surface area contributed by atoms with Gasteiger partial charge in [-0.3, -0.25) is 4.79 Å². The first-order valence-electron chi connectivity index (χ1n) is 7.72. The van der Waals surface area contributed by atoms with Crippen LogP contribution >= 0.6 is 0 Å². The molecule has 0 aromatic heterocycles. The summed E-state index contributed by atoms with van der Waals surface area (Å²) in [5.41, 5.74) is 1.19. The maximum Gasteiger partial charge on any atom is 0.211 e. The van der Waals surface area contributed by atoms with E-state index in [2.05, 4.69) is 12.1 Å². The predicted octanol–water partition coefficient (Wildman–Crippen LogP) is 4.33. The van der Waals surface area contributed by atoms with Crippen LogP contribution in [-0.2, 0) is 6.42 Å². The van der Waals surface area contributed by atoms with E-state index in [-0.39, 0.29) is 11.3 Å². The molecule has 0 heterocycles. The van der Waals surface area contributed by atoms with E-state index in [9.17, 15) is 9.90 Å². The number of aromatic hydroxyl groups is 1. The van der Waals surface area contributed by atoms with E-state index in [4.69, 9.17) is 5.21 Å². The van der Waals surface area contributed by atoms with Crippen LogP contribution in [0.1, 0.15) is 67.8 Å². The SMILES string of the molecule is CCCCCCCCCc1ccc(C(=O)C=NO)c(O)c1. The lowest BCUT2D eigenvalue weighted by Gasteiger charge is -2.05. The summed E-state index contributed by atoms with van der Waals surface area (Å²) in [6.07, 6.45) is 10.4. The summed E-state index contributed by atoms with van der Waals surface area (Å²) in [6, 6.07) is 5.04. The van der Waals surface area contributed by atoms with Gasteiger partial charge in [0, 0.05) is 0 Å². The van der Waals surface area contributed by atoms with Crippen molar-refractivity contribution in [1.29, 1.82) is 0 Å². The minimum atomic E-state index is -0.502. The van der Waals surface area contributed by atoms with Gasteiger partial charge in [0.2, 0.25) is 5.78 Å². The molecular weight excluding hydrogens is 266 g/mol. The minimum Gasteiger partial charge on any atom is -0.507 e. The number of ketones is 1. The zero-order valence-electron chi connectivity index (χ0n) is 12.7. The normalized spacial score (nSPS) is 11.1. The average Bonchev–Trinajstić information content (AvgIpc) is 2.46. The summed E-state index contributed by atoms with van der Waals surface area (Å²) in [7, 11) is 0. The van der Waals surface area contributed by atoms with Gasteiger partial charge in [-0.25, -0.2) is 0 Å². The zero-order chi connectivity index (χ0) is 15.5. The van der Waals surface area contributed by atoms with Crippen LogP contribution in [0.5, 0.6) is 5.75 Å². The van der Waals surface area contributed by atoms with Crippen molar-refractivity contribution in [2.24, 2.45) is 5.16 Å². The summed E-state index contributed by atoms with van der Waals surface area (Å²) in [6.45, 7) is 2.22. The molecule has 0 bridgehead atoms. The molecule has 4 heteroatoms. The van der Waals surface area contributed by atoms with Crippen molar-refractivity contribution in [3.05, 3.63) is 29.3 Å². The third-order valence-corrected chi connectivity index (χ3v) is 3.57. The molecule has 0 aliphatic heterocycles. The maximum atomic E-state index is 11.5. The summed E-state index contributed by atoms with van der Waals surface area (Å²) in [5.74, 6) is -0.558. The molecule has 1 rings (SSSR count). The second-order valence-corrected chi connectivity index (χ2v) is 5.33. The molecule has 0 saturated heterocycles. The van der Waals surface area contributed by atoms with Crippen LogP contribution in [0.2, 0.25) is 0 Å². The van der Waals surface area contributed by atoms with Gasteiger partial charge in [0.25, 0.3) is 0 Å². The molecule has 0 fully saturated rings. The highest BCUT2D eigenvalue weighted by atomic mass is 16.4. The summed E-state index contributed by atoms with van der Waals surface area (Å²) in [5, 5.41) is 20.8. The molecule has 0 atom stereocenters. The van der Waals surface area contributed by atoms with E-state index in [1.165, 1.54) is 38.5 Å². The fourth-order valence-electron chi connectivity index (χ4n) is 2.35. The van der Waals surface area contributed by atoms with Crippen LogP contribution in [0.15, 0.2) is 23.4 Å². The molecule has 0 aliphatic carbocycles. The Balaban J connectivity index is 2.37. The lowest BCUT2D eigenvalue weighted by atomic mass is 10.0. The monoisotopic (exact) mass is 291 g/mol. The van der Waals surface area contributed by atoms with E-state index < -0.39 is 5.78 Å². The number of carbonyl (C=O) groups excluding carboxylic acids is 1. The Labute approximate surface area is 126 Å². The van der Waals surface area contributed by atoms with Crippen molar-refractivity contribution in [2.75, 3.05) is 0 Å². The lowest BCUT2D eigenvalue weighted by molar-refractivity contribution is 0.106. The smallest absolute Gasteiger partial charge is 0.211 e. The number of nitrogens with zero attached hydrogens (tertiary/aromatic N) is 1. The predicted molar refractivity (Wildman–Crippen MR) is 84.4 cm³/mol. The number of phenolic OH excluding ortho intramolecular Hbond substituents is 1. The number of phenols is 1. The molecule has 4 nitrogen and oxygen atoms in total. The van der Waals surface area contributed by atoms with E-state index in [1.807, 2.05) is 6.07 Å². The molecule has 0 saturated carbocycles. The number of hydrogen-bond donors (Lipinski definition) is 2. The topological polar surface area (TPSA) is 69.9 Å². The van der Waals surface area contributed by atoms with Gasteiger partial charge < -0.3 is 10.3 Å². The molecule has 2 N–H and O–H groups in total. The molecule has 1 aromatic carbocycles. The summed E-state index contributed by atoms with van der Waals surface area (Å²) < 4.78 is 0. The number of hydrogen-bond acceptors (Lipinski definition) is 4. The first-order valence-corrected chi connectivity index (χ1v) is 7.72. The molecule has 0 radical (unpaired) electrons. The molecule has 0 unspecified atom stereocenters. The number of rotatable bonds is 10. The number of carbonyl (C=O) groups is 1. The van der Waals surface area contributed by atoms with Crippen LogP contribution in [-0.4, -0.2) is 22.3 Å². The van der Waals surface area contributed by atoms with Gasteiger partial charge in [-0.1, -0.05) is 56.7 Å². The quantitative estimate of drug-likeness (QED) is 0.222. The van der Waals surface area contributed by atoms with Gasteiger partial charge >= 0.3 is 0 Å². The molecule has 0 amide bonds. The van der Waals surface area contributed by atoms with E-state index in [1.54, 1.807) is 12.1 Å². The van der Waals surface area contributed by atoms with Crippen molar-refractivity contribution in [1.82, 2.24) is 0 Å². The fourth-order valence-corrected chi connectivity index (χ4v) is 2.35. The number of unbranched alkanes of at least 4 members (excludes halogenated alkanes) is 6. The van der Waals surface area contributed by atoms with Gasteiger partial charge in [-0.15, -0.1) is 0 Å². The lowest BCUT2D eigenvalue weighted by Crippen LogP contribution is -2.01. The molecule has 0 aliphatic rings. The molecule has 0 spiro atoms. The van der Waals surface area contributed by atoms with Crippen molar-refractivity contribution in [2.45, 2.75) is 58.3 Å². The van der Waals surface area contributed by atoms with Crippen LogP contribution in [0.3, 0.4) is 0 Å². The van der Waals surface area contributed by atoms with E-state index in [0.717, 1.165) is 24.6 Å². The third kappa shape index (κ3) is 6.43. The molecular formula is C17H25NO3. The van der Waals surface area contributed by atoms with Gasteiger partial charge in [0.15, 0.2) is 0 Å². The summed E-state index contributed by atoms with van der Waals surface area (Å²) >= 11 is 0. The van der Waals surface area contributed by atoms with Crippen LogP contribution < -0.4 is 0 Å². The maximum absolute atomic E-state index is 11.5. The van der Waals surface area contributed by atoms with Crippen molar-refractivity contribution >= 4 is 12.0 Å². The van der Waals surface area contributed by atoms with Gasteiger partial charge in [-0.2, -0.15) is 0 Å². The Hall–Kier alpha value is -1.84. The van der Waals surface area contributed by atoms with Gasteiger partial charge in [-0.05, 0) is 30.5 Å². The first kappa shape index (κ1) is 17.2. The Kier molecular flexibility index (Phi) is 8.17. The van der Waals surface area contributed by atoms with Crippen molar-refractivity contribution < 1.29 is 15.1 Å². The molecule has 116 valence electrons. The Morgan fingerprint density at radius 1 is 1.14 bits per heavy atom. The minimum absolute atomic E-state index is 0.0552. The highest BCUT2D eigenvalue weighted by Crippen LogP contribution is 2.20. The largest absolute Gasteiger partial charge is 0.507 e. The number of oxime groups is 1. The highest BCUT2D eigenvalue weighted by molar-refractivity contribution is 6.35. The van der Waals surface area contributed by atoms with Crippen molar-refractivity contribution in [3.8, 4) is 5.75 Å². The van der Waals surface area contributed by atoms with Crippen molar-refractivity contribution in [3.63, 3.8) is 0 Å². The average molecular weight is 291 g/mol. The van der Waals surface area contributed by atoms with Crippen LogP contribution in [0.4, 0.5) is 0 Å². The van der Waals surface area contributed by atoms with E-state index >= 15 is 0 Å². The van der Waals surface area contributed by atoms with Crippen LogP contribution in [0.25, 0.3) is 0 Å². The second kappa shape index (κ2) is 9.97. The number of benzene rings is 1. The van der Waals surface area contributed by atoms with Crippen LogP contribution in [0, 0.1) is 0 Å². The summed E-state index contributed by atoms with van der Waals surface area (Å²) in [4.78, 5) is 11.5. The van der Waals surface area contributed by atoms with Gasteiger partial charge in [0.05, 0.1) is 5.56 Å². The number of aryl methyl sites for hydroxylation is 1. The molecule has 1 aromatic rings. The Morgan fingerprint density at radius 2 is 1.81 bits per heavy atom. The fraction of sp³-hybridized carbons (Fsp3) is 0.529. The van der Waals surface area contributed by atoms with E-state index in [0.29, 0.717) is 0 Å². The second-order valence-electron chi connectivity index (χ2n) is 5.33. The Bertz CT molecular complexity index is 469. The highest BCUT2D eigenvalue weighted by Gasteiger charge is 2.09.